The summed E-state index contributed by atoms with van der Waals surface area (Å²) >= 11 is 0. The van der Waals surface area contributed by atoms with Gasteiger partial charge in [-0.15, -0.1) is 0 Å². The zero-order chi connectivity index (χ0) is 24.6. The van der Waals surface area contributed by atoms with E-state index in [1.807, 2.05) is 0 Å². The van der Waals surface area contributed by atoms with Crippen molar-refractivity contribution in [3.05, 3.63) is 65.7 Å². The van der Waals surface area contributed by atoms with E-state index in [4.69, 9.17) is 14.2 Å². The van der Waals surface area contributed by atoms with E-state index in [0.717, 1.165) is 24.2 Å². The van der Waals surface area contributed by atoms with Crippen LogP contribution in [0.5, 0.6) is 11.5 Å². The quantitative estimate of drug-likeness (QED) is 0.120. The molecule has 184 valence electrons. The number of hydrogen-bond acceptors (Lipinski definition) is 5. The summed E-state index contributed by atoms with van der Waals surface area (Å²) in [5.74, 6) is 0.886. The van der Waals surface area contributed by atoms with Gasteiger partial charge in [-0.05, 0) is 66.8 Å². The maximum atomic E-state index is 12.4. The second-order valence-corrected chi connectivity index (χ2v) is 8.78. The summed E-state index contributed by atoms with van der Waals surface area (Å²) in [7, 11) is 0. The van der Waals surface area contributed by atoms with Crippen LogP contribution in [0.15, 0.2) is 54.6 Å². The van der Waals surface area contributed by atoms with Crippen molar-refractivity contribution in [2.75, 3.05) is 13.2 Å². The molecule has 0 fully saturated rings. The molecule has 0 radical (unpaired) electrons. The number of esters is 2. The van der Waals surface area contributed by atoms with Crippen LogP contribution in [-0.4, -0.2) is 25.2 Å². The summed E-state index contributed by atoms with van der Waals surface area (Å²) in [5, 5.41) is 0. The lowest BCUT2D eigenvalue weighted by Gasteiger charge is -2.08. The first kappa shape index (κ1) is 27.2. The first-order valence-electron chi connectivity index (χ1n) is 12.4. The van der Waals surface area contributed by atoms with Crippen LogP contribution in [-0.2, 0) is 9.53 Å². The Hall–Kier alpha value is -3.08. The van der Waals surface area contributed by atoms with E-state index < -0.39 is 5.97 Å². The zero-order valence-electron chi connectivity index (χ0n) is 20.8. The molecule has 34 heavy (non-hydrogen) atoms. The van der Waals surface area contributed by atoms with Gasteiger partial charge in [-0.2, -0.15) is 0 Å². The second-order valence-electron chi connectivity index (χ2n) is 8.78. The van der Waals surface area contributed by atoms with Crippen LogP contribution >= 0.6 is 0 Å². The van der Waals surface area contributed by atoms with Crippen molar-refractivity contribution >= 4 is 18.0 Å². The SMILES string of the molecule is CCCCCCCCOc1ccc(C(=O)Oc2ccc(/C=C/C(=O)OCCC(C)C)cc2)cc1. The molecule has 2 aromatic carbocycles. The van der Waals surface area contributed by atoms with Gasteiger partial charge in [0.2, 0.25) is 0 Å². The highest BCUT2D eigenvalue weighted by Gasteiger charge is 2.09. The Balaban J connectivity index is 1.74. The van der Waals surface area contributed by atoms with Crippen molar-refractivity contribution < 1.29 is 23.8 Å². The van der Waals surface area contributed by atoms with E-state index in [-0.39, 0.29) is 5.97 Å². The van der Waals surface area contributed by atoms with Crippen LogP contribution in [0.1, 0.15) is 81.6 Å². The van der Waals surface area contributed by atoms with Gasteiger partial charge in [0.05, 0.1) is 18.8 Å². The van der Waals surface area contributed by atoms with Gasteiger partial charge in [-0.1, -0.05) is 65.0 Å². The van der Waals surface area contributed by atoms with E-state index in [9.17, 15) is 9.59 Å². The fourth-order valence-electron chi connectivity index (χ4n) is 3.18. The molecule has 5 heteroatoms. The third-order valence-electron chi connectivity index (χ3n) is 5.30. The average molecular weight is 467 g/mol. The molecule has 2 rings (SSSR count). The van der Waals surface area contributed by atoms with Crippen LogP contribution in [0.3, 0.4) is 0 Å². The Bertz CT molecular complexity index is 882. The Labute approximate surface area is 204 Å². The molecule has 0 amide bonds. The maximum absolute atomic E-state index is 12.4. The largest absolute Gasteiger partial charge is 0.494 e. The van der Waals surface area contributed by atoms with Crippen LogP contribution < -0.4 is 9.47 Å². The smallest absolute Gasteiger partial charge is 0.343 e. The average Bonchev–Trinajstić information content (AvgIpc) is 2.83. The number of rotatable bonds is 15. The second kappa shape index (κ2) is 15.7. The van der Waals surface area contributed by atoms with E-state index in [1.165, 1.54) is 38.2 Å². The van der Waals surface area contributed by atoms with E-state index in [1.54, 1.807) is 54.6 Å². The van der Waals surface area contributed by atoms with Gasteiger partial charge in [-0.25, -0.2) is 9.59 Å². The zero-order valence-corrected chi connectivity index (χ0v) is 20.8. The lowest BCUT2D eigenvalue weighted by atomic mass is 10.1. The lowest BCUT2D eigenvalue weighted by Crippen LogP contribution is -2.08. The summed E-state index contributed by atoms with van der Waals surface area (Å²) in [5.41, 5.74) is 1.27. The maximum Gasteiger partial charge on any atom is 0.343 e. The molecule has 0 spiro atoms. The molecule has 0 aliphatic heterocycles. The Kier molecular flexibility index (Phi) is 12.5. The van der Waals surface area contributed by atoms with Gasteiger partial charge in [0, 0.05) is 6.08 Å². The van der Waals surface area contributed by atoms with Crippen molar-refractivity contribution in [1.82, 2.24) is 0 Å². The standard InChI is InChI=1S/C29H38O5/c1-4-5-6-7-8-9-21-32-26-17-13-25(14-18-26)29(31)34-27-15-10-24(11-16-27)12-19-28(30)33-22-20-23(2)3/h10-19,23H,4-9,20-22H2,1-3H3/b19-12+. The summed E-state index contributed by atoms with van der Waals surface area (Å²) in [6, 6.07) is 13.9. The minimum Gasteiger partial charge on any atom is -0.494 e. The highest BCUT2D eigenvalue weighted by atomic mass is 16.5. The third-order valence-corrected chi connectivity index (χ3v) is 5.30. The van der Waals surface area contributed by atoms with Gasteiger partial charge < -0.3 is 14.2 Å². The van der Waals surface area contributed by atoms with Crippen molar-refractivity contribution in [3.63, 3.8) is 0 Å². The van der Waals surface area contributed by atoms with E-state index in [2.05, 4.69) is 20.8 Å². The Morgan fingerprint density at radius 2 is 1.47 bits per heavy atom. The van der Waals surface area contributed by atoms with Crippen molar-refractivity contribution in [2.24, 2.45) is 5.92 Å². The first-order chi connectivity index (χ1) is 16.5. The molecule has 0 atom stereocenters. The highest BCUT2D eigenvalue weighted by molar-refractivity contribution is 5.91. The topological polar surface area (TPSA) is 61.8 Å². The third kappa shape index (κ3) is 11.2. The van der Waals surface area contributed by atoms with E-state index >= 15 is 0 Å². The number of unbranched alkanes of at least 4 members (excludes halogenated alkanes) is 5. The Morgan fingerprint density at radius 3 is 2.15 bits per heavy atom. The van der Waals surface area contributed by atoms with Gasteiger partial charge in [0.1, 0.15) is 11.5 Å². The molecule has 0 aromatic heterocycles. The molecule has 0 heterocycles. The van der Waals surface area contributed by atoms with Gasteiger partial charge >= 0.3 is 11.9 Å². The molecule has 0 aliphatic rings. The number of hydrogen-bond donors (Lipinski definition) is 0. The monoisotopic (exact) mass is 466 g/mol. The van der Waals surface area contributed by atoms with Crippen LogP contribution in [0.4, 0.5) is 0 Å². The van der Waals surface area contributed by atoms with Gasteiger partial charge in [0.25, 0.3) is 0 Å². The minimum absolute atomic E-state index is 0.365. The molecule has 0 unspecified atom stereocenters. The van der Waals surface area contributed by atoms with Gasteiger partial charge in [-0.3, -0.25) is 0 Å². The molecule has 0 saturated carbocycles. The molecule has 0 saturated heterocycles. The number of ether oxygens (including phenoxy) is 3. The molecule has 2 aromatic rings. The van der Waals surface area contributed by atoms with Crippen LogP contribution in [0.2, 0.25) is 0 Å². The summed E-state index contributed by atoms with van der Waals surface area (Å²) in [6.07, 6.45) is 11.2. The van der Waals surface area contributed by atoms with Crippen molar-refractivity contribution in [1.29, 1.82) is 0 Å². The predicted octanol–water partition coefficient (Wildman–Crippen LogP) is 7.25. The number of benzene rings is 2. The molecule has 0 aliphatic carbocycles. The fraction of sp³-hybridized carbons (Fsp3) is 0.448. The number of carbonyl (C=O) groups is 2. The predicted molar refractivity (Wildman–Crippen MR) is 136 cm³/mol. The van der Waals surface area contributed by atoms with Crippen LogP contribution in [0, 0.1) is 5.92 Å². The molecule has 0 bridgehead atoms. The van der Waals surface area contributed by atoms with Gasteiger partial charge in [0.15, 0.2) is 0 Å². The molecular formula is C29H38O5. The molecule has 5 nitrogen and oxygen atoms in total. The van der Waals surface area contributed by atoms with E-state index in [0.29, 0.717) is 30.4 Å². The molecule has 0 N–H and O–H groups in total. The van der Waals surface area contributed by atoms with Crippen molar-refractivity contribution in [2.45, 2.75) is 65.7 Å². The molecular weight excluding hydrogens is 428 g/mol. The number of carbonyl (C=O) groups excluding carboxylic acids is 2. The minimum atomic E-state index is -0.431. The van der Waals surface area contributed by atoms with Crippen LogP contribution in [0.25, 0.3) is 6.08 Å². The fourth-order valence-corrected chi connectivity index (χ4v) is 3.18. The normalized spacial score (nSPS) is 11.1. The van der Waals surface area contributed by atoms with Crippen molar-refractivity contribution in [3.8, 4) is 11.5 Å². The Morgan fingerprint density at radius 1 is 0.824 bits per heavy atom. The first-order valence-corrected chi connectivity index (χ1v) is 12.4. The summed E-state index contributed by atoms with van der Waals surface area (Å²) in [6.45, 7) is 7.49. The summed E-state index contributed by atoms with van der Waals surface area (Å²) in [4.78, 5) is 24.1. The lowest BCUT2D eigenvalue weighted by molar-refractivity contribution is -0.137. The highest BCUT2D eigenvalue weighted by Crippen LogP contribution is 2.18. The summed E-state index contributed by atoms with van der Waals surface area (Å²) < 4.78 is 16.4.